The molecule has 0 aliphatic carbocycles. The number of carbonyl (C=O) groups is 2. The van der Waals surface area contributed by atoms with Gasteiger partial charge in [-0.2, -0.15) is 0 Å². The van der Waals surface area contributed by atoms with Crippen LogP contribution in [0.3, 0.4) is 0 Å². The van der Waals surface area contributed by atoms with Crippen LogP contribution in [-0.2, 0) is 29.0 Å². The van der Waals surface area contributed by atoms with Crippen LogP contribution in [0.1, 0.15) is 47.9 Å². The summed E-state index contributed by atoms with van der Waals surface area (Å²) in [5.41, 5.74) is 2.00. The lowest BCUT2D eigenvalue weighted by Gasteiger charge is -2.23. The molecule has 8 heteroatoms. The van der Waals surface area contributed by atoms with E-state index in [1.54, 1.807) is 41.3 Å². The van der Waals surface area contributed by atoms with E-state index in [1.807, 2.05) is 12.1 Å². The summed E-state index contributed by atoms with van der Waals surface area (Å²) in [6.45, 7) is 0.775. The number of halogens is 1. The second-order valence-electron chi connectivity index (χ2n) is 8.06. The number of amides is 1. The Balaban J connectivity index is 1.33. The molecular weight excluding hydrogens is 427 g/mol. The van der Waals surface area contributed by atoms with E-state index in [1.165, 1.54) is 6.07 Å². The third kappa shape index (κ3) is 5.77. The molecule has 0 bridgehead atoms. The van der Waals surface area contributed by atoms with Crippen molar-refractivity contribution < 1.29 is 28.3 Å². The number of aliphatic carboxylic acids is 1. The van der Waals surface area contributed by atoms with Gasteiger partial charge in [0.15, 0.2) is 0 Å². The Bertz CT molecular complexity index is 1110. The van der Waals surface area contributed by atoms with Crippen molar-refractivity contribution in [2.45, 2.75) is 44.8 Å². The predicted octanol–water partition coefficient (Wildman–Crippen LogP) is 4.32. The Labute approximate surface area is 190 Å². The van der Waals surface area contributed by atoms with Crippen LogP contribution in [0.4, 0.5) is 4.39 Å². The average molecular weight is 452 g/mol. The molecule has 4 rings (SSSR count). The van der Waals surface area contributed by atoms with Gasteiger partial charge in [-0.15, -0.1) is 0 Å². The number of carboxylic acid groups (broad SMARTS) is 1. The van der Waals surface area contributed by atoms with Gasteiger partial charge >= 0.3 is 5.97 Å². The third-order valence-corrected chi connectivity index (χ3v) is 5.71. The van der Waals surface area contributed by atoms with Crippen molar-refractivity contribution in [2.24, 2.45) is 0 Å². The number of benzene rings is 2. The number of aryl methyl sites for hydroxylation is 1. The highest BCUT2D eigenvalue weighted by Crippen LogP contribution is 2.32. The maximum Gasteiger partial charge on any atom is 0.303 e. The molecule has 0 saturated carbocycles. The number of rotatable bonds is 9. The largest absolute Gasteiger partial charge is 0.489 e. The first-order chi connectivity index (χ1) is 16.0. The first-order valence-electron chi connectivity index (χ1n) is 10.9. The predicted molar refractivity (Wildman–Crippen MR) is 117 cm³/mol. The molecule has 1 unspecified atom stereocenters. The van der Waals surface area contributed by atoms with Gasteiger partial charge in [0.1, 0.15) is 29.6 Å². The first-order valence-corrected chi connectivity index (χ1v) is 10.9. The minimum atomic E-state index is -0.894. The molecule has 2 aromatic carbocycles. The van der Waals surface area contributed by atoms with Gasteiger partial charge in [-0.1, -0.05) is 35.5 Å². The van der Waals surface area contributed by atoms with Crippen LogP contribution in [0.25, 0.3) is 0 Å². The molecule has 172 valence electrons. The zero-order chi connectivity index (χ0) is 23.2. The molecule has 0 radical (unpaired) electrons. The second kappa shape index (κ2) is 10.3. The van der Waals surface area contributed by atoms with E-state index in [0.717, 1.165) is 18.4 Å². The molecule has 1 aliphatic rings. The van der Waals surface area contributed by atoms with Crippen molar-refractivity contribution >= 4 is 11.9 Å². The van der Waals surface area contributed by atoms with Crippen LogP contribution >= 0.6 is 0 Å². The Morgan fingerprint density at radius 1 is 1.18 bits per heavy atom. The molecular formula is C25H25FN2O5. The molecule has 1 atom stereocenters. The Morgan fingerprint density at radius 3 is 2.73 bits per heavy atom. The molecule has 1 saturated heterocycles. The topological polar surface area (TPSA) is 92.9 Å². The van der Waals surface area contributed by atoms with Crippen molar-refractivity contribution in [1.82, 2.24) is 10.1 Å². The quantitative estimate of drug-likeness (QED) is 0.520. The van der Waals surface area contributed by atoms with Crippen LogP contribution in [0.15, 0.2) is 59.1 Å². The smallest absolute Gasteiger partial charge is 0.303 e. The summed E-state index contributed by atoms with van der Waals surface area (Å²) in [6, 6.07) is 15.3. The molecule has 0 spiro atoms. The lowest BCUT2D eigenvalue weighted by molar-refractivity contribution is -0.137. The highest BCUT2D eigenvalue weighted by molar-refractivity contribution is 5.79. The molecule has 1 aromatic heterocycles. The van der Waals surface area contributed by atoms with Gasteiger partial charge in [0.05, 0.1) is 18.9 Å². The summed E-state index contributed by atoms with van der Waals surface area (Å²) < 4.78 is 24.6. The number of carboxylic acids is 1. The number of hydrogen-bond donors (Lipinski definition) is 1. The highest BCUT2D eigenvalue weighted by atomic mass is 19.1. The van der Waals surface area contributed by atoms with Gasteiger partial charge in [0, 0.05) is 24.6 Å². The van der Waals surface area contributed by atoms with Crippen LogP contribution in [0, 0.1) is 5.82 Å². The number of hydrogen-bond acceptors (Lipinski definition) is 5. The fraction of sp³-hybridized carbons (Fsp3) is 0.320. The lowest BCUT2D eigenvalue weighted by atomic mass is 10.1. The van der Waals surface area contributed by atoms with E-state index in [0.29, 0.717) is 29.3 Å². The lowest BCUT2D eigenvalue weighted by Crippen LogP contribution is -2.32. The zero-order valence-electron chi connectivity index (χ0n) is 18.1. The normalized spacial score (nSPS) is 15.5. The fourth-order valence-electron chi connectivity index (χ4n) is 3.96. The van der Waals surface area contributed by atoms with E-state index in [4.69, 9.17) is 14.4 Å². The molecule has 33 heavy (non-hydrogen) atoms. The molecule has 1 aliphatic heterocycles. The van der Waals surface area contributed by atoms with Gasteiger partial charge in [-0.25, -0.2) is 4.39 Å². The van der Waals surface area contributed by atoms with E-state index >= 15 is 0 Å². The number of aromatic nitrogens is 1. The summed E-state index contributed by atoms with van der Waals surface area (Å²) in [5, 5.41) is 12.9. The second-order valence-corrected chi connectivity index (χ2v) is 8.06. The van der Waals surface area contributed by atoms with Crippen LogP contribution in [0.5, 0.6) is 5.75 Å². The molecule has 1 fully saturated rings. The summed E-state index contributed by atoms with van der Waals surface area (Å²) in [6.07, 6.45) is 2.15. The Hall–Kier alpha value is -3.68. The molecule has 7 nitrogen and oxygen atoms in total. The minimum Gasteiger partial charge on any atom is -0.489 e. The Kier molecular flexibility index (Phi) is 7.02. The number of ether oxygens (including phenoxy) is 1. The molecule has 1 amide bonds. The van der Waals surface area contributed by atoms with Gasteiger partial charge in [0.2, 0.25) is 5.91 Å². The standard InChI is InChI=1S/C25H25FN2O5/c26-21-5-2-1-4-18(21)16-32-19-9-7-17(8-10-19)14-24(29)28-13-3-6-23(28)22-15-20(33-27-22)11-12-25(30)31/h1-2,4-5,7-10,15,23H,3,6,11-14,16H2,(H,30,31). The summed E-state index contributed by atoms with van der Waals surface area (Å²) in [7, 11) is 0. The summed E-state index contributed by atoms with van der Waals surface area (Å²) in [4.78, 5) is 25.5. The van der Waals surface area contributed by atoms with Gasteiger partial charge in [-0.05, 0) is 36.6 Å². The van der Waals surface area contributed by atoms with Gasteiger partial charge < -0.3 is 19.3 Å². The summed E-state index contributed by atoms with van der Waals surface area (Å²) in [5.74, 6) is -0.0921. The van der Waals surface area contributed by atoms with Gasteiger partial charge in [0.25, 0.3) is 0 Å². The maximum atomic E-state index is 13.7. The van der Waals surface area contributed by atoms with E-state index in [2.05, 4.69) is 5.16 Å². The number of carbonyl (C=O) groups excluding carboxylic acids is 1. The van der Waals surface area contributed by atoms with Gasteiger partial charge in [-0.3, -0.25) is 9.59 Å². The van der Waals surface area contributed by atoms with Crippen LogP contribution in [-0.4, -0.2) is 33.6 Å². The highest BCUT2D eigenvalue weighted by Gasteiger charge is 2.32. The average Bonchev–Trinajstić information content (AvgIpc) is 3.47. The van der Waals surface area contributed by atoms with Crippen LogP contribution in [0.2, 0.25) is 0 Å². The third-order valence-electron chi connectivity index (χ3n) is 5.71. The van der Waals surface area contributed by atoms with Crippen molar-refractivity contribution in [3.63, 3.8) is 0 Å². The molecule has 2 heterocycles. The summed E-state index contributed by atoms with van der Waals surface area (Å²) >= 11 is 0. The van der Waals surface area contributed by atoms with Crippen molar-refractivity contribution in [3.8, 4) is 5.75 Å². The van der Waals surface area contributed by atoms with Crippen molar-refractivity contribution in [3.05, 3.63) is 83.0 Å². The molecule has 3 aromatic rings. The van der Waals surface area contributed by atoms with E-state index in [-0.39, 0.29) is 43.6 Å². The monoisotopic (exact) mass is 452 g/mol. The maximum absolute atomic E-state index is 13.7. The number of nitrogens with zero attached hydrogens (tertiary/aromatic N) is 2. The zero-order valence-corrected chi connectivity index (χ0v) is 18.1. The SMILES string of the molecule is O=C(O)CCc1cc(C2CCCN2C(=O)Cc2ccc(OCc3ccccc3F)cc2)no1. The van der Waals surface area contributed by atoms with E-state index < -0.39 is 5.97 Å². The fourth-order valence-corrected chi connectivity index (χ4v) is 3.96. The first kappa shape index (κ1) is 22.5. The number of likely N-dealkylation sites (tertiary alicyclic amines) is 1. The van der Waals surface area contributed by atoms with Crippen molar-refractivity contribution in [2.75, 3.05) is 6.54 Å². The Morgan fingerprint density at radius 2 is 1.97 bits per heavy atom. The minimum absolute atomic E-state index is 0.00684. The van der Waals surface area contributed by atoms with E-state index in [9.17, 15) is 14.0 Å². The van der Waals surface area contributed by atoms with Crippen LogP contribution < -0.4 is 4.74 Å². The molecule has 1 N–H and O–H groups in total. The van der Waals surface area contributed by atoms with Crippen molar-refractivity contribution in [1.29, 1.82) is 0 Å².